The highest BCUT2D eigenvalue weighted by Gasteiger charge is 2.12. The molecule has 0 unspecified atom stereocenters. The van der Waals surface area contributed by atoms with Crippen LogP contribution in [0.15, 0.2) is 71.6 Å². The molecule has 0 N–H and O–H groups in total. The van der Waals surface area contributed by atoms with Crippen LogP contribution in [-0.2, 0) is 4.79 Å². The number of hydrogen-bond donors (Lipinski definition) is 0. The minimum Gasteiger partial charge on any atom is -0.287 e. The second kappa shape index (κ2) is 9.94. The van der Waals surface area contributed by atoms with Crippen LogP contribution in [0.2, 0.25) is 0 Å². The maximum atomic E-state index is 11.5. The highest BCUT2D eigenvalue weighted by Crippen LogP contribution is 2.21. The average Bonchev–Trinajstić information content (AvgIpc) is 2.77. The molecule has 0 amide bonds. The smallest absolute Gasteiger partial charge is 0.286 e. The Morgan fingerprint density at radius 3 is 1.94 bits per heavy atom. The maximum absolute atomic E-state index is 11.5. The maximum Gasteiger partial charge on any atom is 0.286 e. The molecule has 0 radical (unpaired) electrons. The van der Waals surface area contributed by atoms with E-state index >= 15 is 0 Å². The lowest BCUT2D eigenvalue weighted by Gasteiger charge is -1.98. The van der Waals surface area contributed by atoms with E-state index in [4.69, 9.17) is 5.26 Å². The third kappa shape index (κ3) is 6.08. The van der Waals surface area contributed by atoms with Crippen LogP contribution in [0.1, 0.15) is 34.7 Å². The van der Waals surface area contributed by atoms with E-state index in [-0.39, 0.29) is 16.4 Å². The number of nitro groups is 1. The summed E-state index contributed by atoms with van der Waals surface area (Å²) in [6.07, 6.45) is 0. The van der Waals surface area contributed by atoms with Crippen LogP contribution in [0.4, 0.5) is 5.69 Å². The van der Waals surface area contributed by atoms with E-state index in [0.29, 0.717) is 22.3 Å². The van der Waals surface area contributed by atoms with Gasteiger partial charge in [0.25, 0.3) is 5.69 Å². The Balaban J connectivity index is 1.84. The molecule has 0 bridgehead atoms. The number of nitriles is 1. The first-order chi connectivity index (χ1) is 14.9. The molecule has 6 heteroatoms. The molecule has 3 aromatic rings. The zero-order chi connectivity index (χ0) is 22.2. The van der Waals surface area contributed by atoms with E-state index in [2.05, 4.69) is 23.7 Å². The summed E-state index contributed by atoms with van der Waals surface area (Å²) in [5.74, 6) is 11.6. The number of hydrogen-bond acceptors (Lipinski definition) is 5. The Kier molecular flexibility index (Phi) is 6.86. The summed E-state index contributed by atoms with van der Waals surface area (Å²) in [6, 6.07) is 20.6. The van der Waals surface area contributed by atoms with Crippen molar-refractivity contribution in [2.75, 3.05) is 0 Å². The molecule has 5 nitrogen and oxygen atoms in total. The number of nitro benzene ring substituents is 1. The van der Waals surface area contributed by atoms with Crippen LogP contribution in [0, 0.1) is 45.1 Å². The number of benzene rings is 3. The predicted molar refractivity (Wildman–Crippen MR) is 119 cm³/mol. The van der Waals surface area contributed by atoms with E-state index in [1.165, 1.54) is 13.0 Å². The first kappa shape index (κ1) is 21.4. The van der Waals surface area contributed by atoms with Gasteiger partial charge < -0.3 is 0 Å². The summed E-state index contributed by atoms with van der Waals surface area (Å²) < 4.78 is 0. The molecule has 0 saturated carbocycles. The largest absolute Gasteiger partial charge is 0.287 e. The van der Waals surface area contributed by atoms with Crippen molar-refractivity contribution in [2.45, 2.75) is 11.8 Å². The number of rotatable bonds is 2. The first-order valence-electron chi connectivity index (χ1n) is 9.06. The monoisotopic (exact) mass is 422 g/mol. The molecule has 0 heterocycles. The van der Waals surface area contributed by atoms with E-state index in [1.54, 1.807) is 60.7 Å². The van der Waals surface area contributed by atoms with Gasteiger partial charge in [0.15, 0.2) is 5.12 Å². The van der Waals surface area contributed by atoms with Gasteiger partial charge in [-0.25, -0.2) is 0 Å². The molecule has 0 aliphatic carbocycles. The molecule has 3 aromatic carbocycles. The van der Waals surface area contributed by atoms with Crippen molar-refractivity contribution in [3.63, 3.8) is 0 Å². The zero-order valence-corrected chi connectivity index (χ0v) is 17.2. The highest BCUT2D eigenvalue weighted by molar-refractivity contribution is 8.13. The van der Waals surface area contributed by atoms with E-state index in [1.807, 2.05) is 6.07 Å². The molecule has 0 fully saturated rings. The normalized spacial score (nSPS) is 9.42. The van der Waals surface area contributed by atoms with Crippen LogP contribution >= 0.6 is 11.8 Å². The van der Waals surface area contributed by atoms with Crippen molar-refractivity contribution >= 4 is 22.6 Å². The van der Waals surface area contributed by atoms with Crippen molar-refractivity contribution in [3.8, 4) is 29.8 Å². The Hall–Kier alpha value is -4.31. The van der Waals surface area contributed by atoms with Crippen molar-refractivity contribution < 1.29 is 9.72 Å². The summed E-state index contributed by atoms with van der Waals surface area (Å²) >= 11 is 1.13. The van der Waals surface area contributed by atoms with Gasteiger partial charge in [-0.05, 0) is 60.7 Å². The molecule has 31 heavy (non-hydrogen) atoms. The molecule has 0 aliphatic rings. The van der Waals surface area contributed by atoms with Gasteiger partial charge in [-0.2, -0.15) is 5.26 Å². The zero-order valence-electron chi connectivity index (χ0n) is 16.4. The fraction of sp³-hybridized carbons (Fsp3) is 0.0400. The van der Waals surface area contributed by atoms with Gasteiger partial charge in [0, 0.05) is 34.6 Å². The molecule has 3 rings (SSSR count). The van der Waals surface area contributed by atoms with Crippen LogP contribution in [-0.4, -0.2) is 10.0 Å². The minimum absolute atomic E-state index is 0.00293. The molecule has 0 spiro atoms. The third-order valence-electron chi connectivity index (χ3n) is 4.02. The fourth-order valence-electron chi connectivity index (χ4n) is 2.55. The van der Waals surface area contributed by atoms with Crippen molar-refractivity contribution in [2.24, 2.45) is 0 Å². The molecule has 0 saturated heterocycles. The van der Waals surface area contributed by atoms with Gasteiger partial charge in [0.2, 0.25) is 0 Å². The summed E-state index contributed by atoms with van der Waals surface area (Å²) in [5.41, 5.74) is 2.59. The van der Waals surface area contributed by atoms with Crippen LogP contribution in [0.25, 0.3) is 0 Å². The van der Waals surface area contributed by atoms with Crippen molar-refractivity contribution in [3.05, 3.63) is 105 Å². The van der Waals surface area contributed by atoms with Crippen LogP contribution in [0.3, 0.4) is 0 Å². The molecule has 0 aromatic heterocycles. The minimum atomic E-state index is -0.483. The van der Waals surface area contributed by atoms with Crippen molar-refractivity contribution in [1.29, 1.82) is 5.26 Å². The number of carbonyl (C=O) groups is 1. The SMILES string of the molecule is CC(=O)Sc1ccc(C#Cc2ccc(C#Cc3ccc(C#N)cc3)cc2[N+](=O)[O-])cc1. The molecular formula is C25H14N2O3S. The number of nitrogens with zero attached hydrogens (tertiary/aromatic N) is 2. The summed E-state index contributed by atoms with van der Waals surface area (Å²) in [4.78, 5) is 23.0. The van der Waals surface area contributed by atoms with Gasteiger partial charge in [-0.1, -0.05) is 35.4 Å². The third-order valence-corrected chi connectivity index (χ3v) is 4.81. The summed E-state index contributed by atoms with van der Waals surface area (Å²) in [5, 5.41) is 20.3. The lowest BCUT2D eigenvalue weighted by molar-refractivity contribution is -0.385. The predicted octanol–water partition coefficient (Wildman–Crippen LogP) is 4.90. The lowest BCUT2D eigenvalue weighted by Crippen LogP contribution is -1.93. The second-order valence-corrected chi connectivity index (χ2v) is 7.55. The molecular weight excluding hydrogens is 408 g/mol. The van der Waals surface area contributed by atoms with Gasteiger partial charge >= 0.3 is 0 Å². The highest BCUT2D eigenvalue weighted by atomic mass is 32.2. The summed E-state index contributed by atoms with van der Waals surface area (Å²) in [6.45, 7) is 1.50. The molecule has 0 atom stereocenters. The van der Waals surface area contributed by atoms with E-state index in [0.717, 1.165) is 16.7 Å². The quantitative estimate of drug-likeness (QED) is 0.254. The van der Waals surface area contributed by atoms with Gasteiger partial charge in [0.1, 0.15) is 5.56 Å². The van der Waals surface area contributed by atoms with Crippen LogP contribution < -0.4 is 0 Å². The Labute approximate surface area is 183 Å². The topological polar surface area (TPSA) is 84.0 Å². The fourth-order valence-corrected chi connectivity index (χ4v) is 3.15. The lowest BCUT2D eigenvalue weighted by atomic mass is 10.1. The second-order valence-electron chi connectivity index (χ2n) is 6.30. The van der Waals surface area contributed by atoms with Crippen molar-refractivity contribution in [1.82, 2.24) is 0 Å². The average molecular weight is 422 g/mol. The van der Waals surface area contributed by atoms with E-state index < -0.39 is 4.92 Å². The first-order valence-corrected chi connectivity index (χ1v) is 9.87. The molecule has 0 aliphatic heterocycles. The van der Waals surface area contributed by atoms with Gasteiger partial charge in [-0.15, -0.1) is 0 Å². The van der Waals surface area contributed by atoms with Gasteiger partial charge in [-0.3, -0.25) is 14.9 Å². The number of carbonyl (C=O) groups excluding carboxylic acids is 1. The summed E-state index contributed by atoms with van der Waals surface area (Å²) in [7, 11) is 0. The Bertz CT molecular complexity index is 1310. The standard InChI is InChI=1S/C25H14N2O3S/c1-18(28)31-24-14-10-20(11-15-24)8-12-23-13-9-21(16-25(23)27(29)30)5-2-19-3-6-22(17-26)7-4-19/h3-4,6-7,9-11,13-16H,1H3. The Morgan fingerprint density at radius 1 is 0.839 bits per heavy atom. The Morgan fingerprint density at radius 2 is 1.35 bits per heavy atom. The van der Waals surface area contributed by atoms with E-state index in [9.17, 15) is 14.9 Å². The van der Waals surface area contributed by atoms with Crippen LogP contribution in [0.5, 0.6) is 0 Å². The molecule has 148 valence electrons. The number of thioether (sulfide) groups is 1. The van der Waals surface area contributed by atoms with Gasteiger partial charge in [0.05, 0.1) is 16.6 Å².